The van der Waals surface area contributed by atoms with E-state index in [0.29, 0.717) is 6.42 Å². The maximum Gasteiger partial charge on any atom is 0.226 e. The van der Waals surface area contributed by atoms with E-state index in [0.717, 1.165) is 21.8 Å². The smallest absolute Gasteiger partial charge is 0.226 e. The number of carbonyl (C=O) groups is 1. The fraction of sp³-hybridized carbons (Fsp3) is 0.214. The zero-order chi connectivity index (χ0) is 14.7. The first-order valence-corrected chi connectivity index (χ1v) is 8.29. The number of amides is 1. The van der Waals surface area contributed by atoms with E-state index in [1.165, 1.54) is 0 Å². The fourth-order valence-corrected chi connectivity index (χ4v) is 3.48. The highest BCUT2D eigenvalue weighted by atomic mass is 32.1. The fourth-order valence-electron chi connectivity index (χ4n) is 1.94. The van der Waals surface area contributed by atoms with Gasteiger partial charge in [-0.15, -0.1) is 11.3 Å². The van der Waals surface area contributed by atoms with Gasteiger partial charge in [-0.3, -0.25) is 9.89 Å². The Morgan fingerprint density at radius 2 is 2.38 bits per heavy atom. The van der Waals surface area contributed by atoms with Crippen molar-refractivity contribution in [1.82, 2.24) is 20.5 Å². The molecule has 0 bridgehead atoms. The molecule has 0 fully saturated rings. The number of aromatic nitrogens is 3. The quantitative estimate of drug-likeness (QED) is 0.759. The van der Waals surface area contributed by atoms with E-state index in [-0.39, 0.29) is 11.9 Å². The Bertz CT molecular complexity index is 703. The standard InChI is InChI=1S/C14H14N4OS2/c1-9(11-5-15-16-6-11)17-13(19)4-12-8-21-14(18-12)10-2-3-20-7-10/h2-3,5-9H,4H2,1H3,(H,15,16)(H,17,19). The number of nitrogens with zero attached hydrogens (tertiary/aromatic N) is 2. The second kappa shape index (κ2) is 6.19. The summed E-state index contributed by atoms with van der Waals surface area (Å²) < 4.78 is 0. The van der Waals surface area contributed by atoms with Crippen molar-refractivity contribution >= 4 is 28.6 Å². The molecular weight excluding hydrogens is 304 g/mol. The Morgan fingerprint density at radius 1 is 1.48 bits per heavy atom. The molecule has 0 spiro atoms. The third-order valence-corrected chi connectivity index (χ3v) is 4.68. The summed E-state index contributed by atoms with van der Waals surface area (Å²) in [4.78, 5) is 16.5. The van der Waals surface area contributed by atoms with Crippen LogP contribution >= 0.6 is 22.7 Å². The van der Waals surface area contributed by atoms with Crippen molar-refractivity contribution in [1.29, 1.82) is 0 Å². The SMILES string of the molecule is CC(NC(=O)Cc1csc(-c2ccsc2)n1)c1cn[nH]c1. The van der Waals surface area contributed by atoms with E-state index < -0.39 is 0 Å². The van der Waals surface area contributed by atoms with Crippen LogP contribution in [-0.4, -0.2) is 21.1 Å². The van der Waals surface area contributed by atoms with Crippen LogP contribution in [0.25, 0.3) is 10.6 Å². The van der Waals surface area contributed by atoms with Crippen LogP contribution in [0.2, 0.25) is 0 Å². The van der Waals surface area contributed by atoms with Gasteiger partial charge < -0.3 is 5.32 Å². The van der Waals surface area contributed by atoms with Gasteiger partial charge in [0.25, 0.3) is 0 Å². The van der Waals surface area contributed by atoms with Crippen LogP contribution in [0, 0.1) is 0 Å². The number of H-pyrrole nitrogens is 1. The number of rotatable bonds is 5. The minimum Gasteiger partial charge on any atom is -0.349 e. The Labute approximate surface area is 130 Å². The van der Waals surface area contributed by atoms with Gasteiger partial charge in [0, 0.05) is 28.1 Å². The molecule has 21 heavy (non-hydrogen) atoms. The second-order valence-electron chi connectivity index (χ2n) is 4.65. The molecule has 0 saturated carbocycles. The lowest BCUT2D eigenvalue weighted by molar-refractivity contribution is -0.121. The molecule has 0 aliphatic heterocycles. The maximum absolute atomic E-state index is 12.0. The molecule has 0 aromatic carbocycles. The van der Waals surface area contributed by atoms with Crippen molar-refractivity contribution in [2.45, 2.75) is 19.4 Å². The van der Waals surface area contributed by atoms with Crippen LogP contribution in [0.1, 0.15) is 24.2 Å². The molecule has 1 atom stereocenters. The average molecular weight is 318 g/mol. The minimum atomic E-state index is -0.0637. The first-order chi connectivity index (χ1) is 10.2. The summed E-state index contributed by atoms with van der Waals surface area (Å²) in [5.41, 5.74) is 2.88. The van der Waals surface area contributed by atoms with Gasteiger partial charge in [-0.25, -0.2) is 4.98 Å². The van der Waals surface area contributed by atoms with Crippen LogP contribution in [0.5, 0.6) is 0 Å². The summed E-state index contributed by atoms with van der Waals surface area (Å²) in [7, 11) is 0. The summed E-state index contributed by atoms with van der Waals surface area (Å²) in [6.45, 7) is 1.93. The number of thiazole rings is 1. The summed E-state index contributed by atoms with van der Waals surface area (Å²) in [6, 6.07) is 1.97. The number of hydrogen-bond acceptors (Lipinski definition) is 5. The molecule has 0 aliphatic carbocycles. The van der Waals surface area contributed by atoms with Crippen LogP contribution in [0.4, 0.5) is 0 Å². The Kier molecular flexibility index (Phi) is 4.12. The molecule has 1 unspecified atom stereocenters. The van der Waals surface area contributed by atoms with Crippen molar-refractivity contribution in [3.05, 3.63) is 45.9 Å². The molecule has 0 radical (unpaired) electrons. The number of aromatic amines is 1. The normalized spacial score (nSPS) is 12.2. The predicted molar refractivity (Wildman–Crippen MR) is 84.3 cm³/mol. The molecule has 1 amide bonds. The topological polar surface area (TPSA) is 70.7 Å². The summed E-state index contributed by atoms with van der Waals surface area (Å²) >= 11 is 3.21. The Balaban J connectivity index is 1.60. The van der Waals surface area contributed by atoms with Gasteiger partial charge in [-0.05, 0) is 18.4 Å². The van der Waals surface area contributed by atoms with Crippen molar-refractivity contribution in [3.8, 4) is 10.6 Å². The first-order valence-electron chi connectivity index (χ1n) is 6.47. The minimum absolute atomic E-state index is 0.0362. The van der Waals surface area contributed by atoms with Gasteiger partial charge in [0.05, 0.1) is 24.4 Å². The van der Waals surface area contributed by atoms with E-state index in [2.05, 4.69) is 25.9 Å². The number of carbonyl (C=O) groups excluding carboxylic acids is 1. The van der Waals surface area contributed by atoms with Gasteiger partial charge in [0.1, 0.15) is 5.01 Å². The summed E-state index contributed by atoms with van der Waals surface area (Å²) in [5.74, 6) is -0.0362. The third kappa shape index (κ3) is 3.37. The van der Waals surface area contributed by atoms with Gasteiger partial charge in [0.15, 0.2) is 0 Å². The van der Waals surface area contributed by atoms with E-state index in [4.69, 9.17) is 0 Å². The maximum atomic E-state index is 12.0. The molecule has 0 aliphatic rings. The van der Waals surface area contributed by atoms with Crippen molar-refractivity contribution in [2.24, 2.45) is 0 Å². The third-order valence-electron chi connectivity index (χ3n) is 3.06. The molecule has 3 rings (SSSR count). The van der Waals surface area contributed by atoms with Gasteiger partial charge >= 0.3 is 0 Å². The largest absolute Gasteiger partial charge is 0.349 e. The molecular formula is C14H14N4OS2. The van der Waals surface area contributed by atoms with E-state index in [9.17, 15) is 4.79 Å². The zero-order valence-corrected chi connectivity index (χ0v) is 13.0. The van der Waals surface area contributed by atoms with Gasteiger partial charge in [0.2, 0.25) is 5.91 Å². The Hall–Kier alpha value is -1.99. The lowest BCUT2D eigenvalue weighted by Crippen LogP contribution is -2.28. The zero-order valence-electron chi connectivity index (χ0n) is 11.4. The molecule has 3 aromatic heterocycles. The molecule has 108 valence electrons. The highest BCUT2D eigenvalue weighted by Gasteiger charge is 2.13. The van der Waals surface area contributed by atoms with Crippen LogP contribution in [-0.2, 0) is 11.2 Å². The monoisotopic (exact) mass is 318 g/mol. The highest BCUT2D eigenvalue weighted by molar-refractivity contribution is 7.14. The molecule has 3 heterocycles. The van der Waals surface area contributed by atoms with Crippen molar-refractivity contribution < 1.29 is 4.79 Å². The lowest BCUT2D eigenvalue weighted by atomic mass is 10.2. The predicted octanol–water partition coefficient (Wildman–Crippen LogP) is 3.01. The van der Waals surface area contributed by atoms with Gasteiger partial charge in [-0.1, -0.05) is 0 Å². The number of nitrogens with one attached hydrogen (secondary N) is 2. The Morgan fingerprint density at radius 3 is 3.10 bits per heavy atom. The van der Waals surface area contributed by atoms with Crippen LogP contribution < -0.4 is 5.32 Å². The molecule has 3 aromatic rings. The highest BCUT2D eigenvalue weighted by Crippen LogP contribution is 2.25. The lowest BCUT2D eigenvalue weighted by Gasteiger charge is -2.11. The van der Waals surface area contributed by atoms with Crippen LogP contribution in [0.3, 0.4) is 0 Å². The van der Waals surface area contributed by atoms with Gasteiger partial charge in [-0.2, -0.15) is 16.4 Å². The molecule has 0 saturated heterocycles. The molecule has 2 N–H and O–H groups in total. The number of hydrogen-bond donors (Lipinski definition) is 2. The summed E-state index contributed by atoms with van der Waals surface area (Å²) in [6.07, 6.45) is 3.79. The number of thiophene rings is 1. The second-order valence-corrected chi connectivity index (χ2v) is 6.29. The first kappa shape index (κ1) is 14.0. The molecule has 7 heteroatoms. The summed E-state index contributed by atoms with van der Waals surface area (Å²) in [5, 5.41) is 16.5. The van der Waals surface area contributed by atoms with Crippen LogP contribution in [0.15, 0.2) is 34.6 Å². The van der Waals surface area contributed by atoms with Crippen molar-refractivity contribution in [3.63, 3.8) is 0 Å². The van der Waals surface area contributed by atoms with E-state index in [1.807, 2.05) is 23.8 Å². The van der Waals surface area contributed by atoms with E-state index in [1.54, 1.807) is 35.1 Å². The van der Waals surface area contributed by atoms with Crippen molar-refractivity contribution in [2.75, 3.05) is 0 Å². The molecule has 5 nitrogen and oxygen atoms in total. The average Bonchev–Trinajstić information content (AvgIpc) is 3.21. The van der Waals surface area contributed by atoms with E-state index >= 15 is 0 Å².